The van der Waals surface area contributed by atoms with E-state index in [1.807, 2.05) is 10.7 Å². The summed E-state index contributed by atoms with van der Waals surface area (Å²) >= 11 is 9.41. The van der Waals surface area contributed by atoms with Gasteiger partial charge in [0.2, 0.25) is 0 Å². The van der Waals surface area contributed by atoms with Crippen LogP contribution in [0.3, 0.4) is 0 Å². The summed E-state index contributed by atoms with van der Waals surface area (Å²) in [6.07, 6.45) is 1.01. The van der Waals surface area contributed by atoms with Gasteiger partial charge in [-0.1, -0.05) is 28.9 Å². The van der Waals surface area contributed by atoms with Crippen molar-refractivity contribution in [3.8, 4) is 5.69 Å². The number of hydrogen-bond donors (Lipinski definition) is 0. The van der Waals surface area contributed by atoms with E-state index in [4.69, 9.17) is 11.6 Å². The van der Waals surface area contributed by atoms with Crippen molar-refractivity contribution >= 4 is 27.5 Å². The minimum absolute atomic E-state index is 0.512. The molecule has 2 aromatic rings. The van der Waals surface area contributed by atoms with Crippen molar-refractivity contribution < 1.29 is 0 Å². The molecule has 0 aliphatic heterocycles. The molecule has 4 heteroatoms. The number of alkyl halides is 1. The molecule has 0 spiro atoms. The number of hydrogen-bond acceptors (Lipinski definition) is 1. The van der Waals surface area contributed by atoms with Crippen LogP contribution >= 0.6 is 27.5 Å². The summed E-state index contributed by atoms with van der Waals surface area (Å²) in [5, 5.41) is 4.61. The van der Waals surface area contributed by atoms with Crippen molar-refractivity contribution in [2.75, 3.05) is 0 Å². The molecule has 1 aromatic carbocycles. The zero-order chi connectivity index (χ0) is 13.3. The number of aromatic nitrogens is 2. The van der Waals surface area contributed by atoms with Gasteiger partial charge in [-0.15, -0.1) is 11.6 Å². The van der Waals surface area contributed by atoms with E-state index in [9.17, 15) is 0 Å². The smallest absolute Gasteiger partial charge is 0.0660 e. The quantitative estimate of drug-likeness (QED) is 0.756. The minimum atomic E-state index is 0.512. The third-order valence-electron chi connectivity index (χ3n) is 3.22. The first-order chi connectivity index (χ1) is 8.58. The summed E-state index contributed by atoms with van der Waals surface area (Å²) in [4.78, 5) is 0. The molecule has 0 radical (unpaired) electrons. The molecule has 2 rings (SSSR count). The Morgan fingerprint density at radius 2 is 2.06 bits per heavy atom. The number of nitrogens with zero attached hydrogens (tertiary/aromatic N) is 2. The van der Waals surface area contributed by atoms with E-state index < -0.39 is 0 Å². The monoisotopic (exact) mass is 326 g/mol. The van der Waals surface area contributed by atoms with Crippen molar-refractivity contribution in [2.24, 2.45) is 0 Å². The zero-order valence-corrected chi connectivity index (χ0v) is 13.1. The van der Waals surface area contributed by atoms with Crippen molar-refractivity contribution in [3.05, 3.63) is 45.2 Å². The number of rotatable bonds is 3. The Morgan fingerprint density at radius 3 is 2.56 bits per heavy atom. The van der Waals surface area contributed by atoms with Gasteiger partial charge in [-0.2, -0.15) is 5.10 Å². The molecule has 96 valence electrons. The number of halogens is 2. The highest BCUT2D eigenvalue weighted by atomic mass is 79.9. The number of aryl methyl sites for hydroxylation is 1. The Kier molecular flexibility index (Phi) is 4.13. The third-order valence-corrected chi connectivity index (χ3v) is 4.25. The highest BCUT2D eigenvalue weighted by molar-refractivity contribution is 9.10. The van der Waals surface area contributed by atoms with Crippen LogP contribution in [0, 0.1) is 13.8 Å². The first kappa shape index (κ1) is 13.6. The maximum absolute atomic E-state index is 5.86. The van der Waals surface area contributed by atoms with Crippen LogP contribution < -0.4 is 0 Å². The van der Waals surface area contributed by atoms with Crippen molar-refractivity contribution in [1.82, 2.24) is 9.78 Å². The molecule has 1 aromatic heterocycles. The van der Waals surface area contributed by atoms with Crippen LogP contribution in [0.2, 0.25) is 0 Å². The topological polar surface area (TPSA) is 17.8 Å². The van der Waals surface area contributed by atoms with Gasteiger partial charge in [-0.3, -0.25) is 0 Å². The molecular weight excluding hydrogens is 312 g/mol. The van der Waals surface area contributed by atoms with Gasteiger partial charge in [0.25, 0.3) is 0 Å². The third kappa shape index (κ3) is 2.34. The zero-order valence-electron chi connectivity index (χ0n) is 10.8. The fraction of sp³-hybridized carbons (Fsp3) is 0.357. The second kappa shape index (κ2) is 5.45. The van der Waals surface area contributed by atoms with E-state index in [-0.39, 0.29) is 0 Å². The van der Waals surface area contributed by atoms with E-state index in [1.54, 1.807) is 0 Å². The Bertz CT molecular complexity index is 575. The maximum atomic E-state index is 5.86. The van der Waals surface area contributed by atoms with Crippen molar-refractivity contribution in [3.63, 3.8) is 0 Å². The van der Waals surface area contributed by atoms with Crippen LogP contribution in [0.15, 0.2) is 22.7 Å². The molecule has 0 saturated heterocycles. The van der Waals surface area contributed by atoms with Crippen LogP contribution in [0.5, 0.6) is 0 Å². The molecule has 0 fully saturated rings. The van der Waals surface area contributed by atoms with Crippen LogP contribution in [-0.2, 0) is 12.3 Å². The summed E-state index contributed by atoms with van der Waals surface area (Å²) < 4.78 is 3.03. The van der Waals surface area contributed by atoms with Gasteiger partial charge in [0.15, 0.2) is 0 Å². The summed E-state index contributed by atoms with van der Waals surface area (Å²) in [6.45, 7) is 6.33. The van der Waals surface area contributed by atoms with Gasteiger partial charge in [0, 0.05) is 16.0 Å². The van der Waals surface area contributed by atoms with Gasteiger partial charge in [-0.05, 0) is 43.5 Å². The minimum Gasteiger partial charge on any atom is -0.238 e. The fourth-order valence-corrected chi connectivity index (χ4v) is 3.12. The van der Waals surface area contributed by atoms with Gasteiger partial charge in [-0.25, -0.2) is 4.68 Å². The molecule has 18 heavy (non-hydrogen) atoms. The Hall–Kier alpha value is -0.800. The van der Waals surface area contributed by atoms with Crippen LogP contribution in [-0.4, -0.2) is 9.78 Å². The lowest BCUT2D eigenvalue weighted by atomic mass is 10.1. The lowest BCUT2D eigenvalue weighted by molar-refractivity contribution is 0.831. The lowest BCUT2D eigenvalue weighted by Crippen LogP contribution is -2.00. The lowest BCUT2D eigenvalue weighted by Gasteiger charge is -2.07. The summed E-state index contributed by atoms with van der Waals surface area (Å²) in [5.41, 5.74) is 5.80. The largest absolute Gasteiger partial charge is 0.238 e. The summed E-state index contributed by atoms with van der Waals surface area (Å²) in [5.74, 6) is 0.512. The number of benzene rings is 1. The average Bonchev–Trinajstić information content (AvgIpc) is 2.64. The first-order valence-corrected chi connectivity index (χ1v) is 7.31. The summed E-state index contributed by atoms with van der Waals surface area (Å²) in [7, 11) is 0. The SMILES string of the molecule is CCc1c(C)nn(-c2ccc(CCl)c(Br)c2)c1C. The highest BCUT2D eigenvalue weighted by Crippen LogP contribution is 2.24. The molecular formula is C14H16BrClN2. The molecule has 0 N–H and O–H groups in total. The molecule has 0 aliphatic rings. The van der Waals surface area contributed by atoms with Gasteiger partial charge < -0.3 is 0 Å². The average molecular weight is 328 g/mol. The molecule has 0 bridgehead atoms. The molecule has 0 aliphatic carbocycles. The molecule has 0 saturated carbocycles. The van der Waals surface area contributed by atoms with Gasteiger partial charge in [0.1, 0.15) is 0 Å². The van der Waals surface area contributed by atoms with E-state index in [1.165, 1.54) is 11.3 Å². The van der Waals surface area contributed by atoms with Crippen LogP contribution in [0.25, 0.3) is 5.69 Å². The van der Waals surface area contributed by atoms with Gasteiger partial charge >= 0.3 is 0 Å². The van der Waals surface area contributed by atoms with Gasteiger partial charge in [0.05, 0.1) is 11.4 Å². The van der Waals surface area contributed by atoms with E-state index in [0.717, 1.165) is 27.8 Å². The van der Waals surface area contributed by atoms with E-state index >= 15 is 0 Å². The normalized spacial score (nSPS) is 10.9. The van der Waals surface area contributed by atoms with Crippen molar-refractivity contribution in [2.45, 2.75) is 33.1 Å². The van der Waals surface area contributed by atoms with Crippen LogP contribution in [0.4, 0.5) is 0 Å². The Labute approximate surface area is 121 Å². The Balaban J connectivity index is 2.52. The molecule has 0 amide bonds. The second-order valence-electron chi connectivity index (χ2n) is 4.32. The Morgan fingerprint density at radius 1 is 1.33 bits per heavy atom. The van der Waals surface area contributed by atoms with Crippen molar-refractivity contribution in [1.29, 1.82) is 0 Å². The van der Waals surface area contributed by atoms with Crippen LogP contribution in [0.1, 0.15) is 29.4 Å². The predicted octanol–water partition coefficient (Wildman–Crippen LogP) is 4.55. The predicted molar refractivity (Wildman–Crippen MR) is 79.7 cm³/mol. The van der Waals surface area contributed by atoms with E-state index in [2.05, 4.69) is 53.9 Å². The molecule has 0 unspecified atom stereocenters. The standard InChI is InChI=1S/C14H16BrClN2/c1-4-13-9(2)17-18(10(13)3)12-6-5-11(8-16)14(15)7-12/h5-7H,4,8H2,1-3H3. The van der Waals surface area contributed by atoms with E-state index in [0.29, 0.717) is 5.88 Å². The molecule has 0 atom stereocenters. The maximum Gasteiger partial charge on any atom is 0.0660 e. The summed E-state index contributed by atoms with van der Waals surface area (Å²) in [6, 6.07) is 6.16. The fourth-order valence-electron chi connectivity index (χ4n) is 2.21. The molecule has 2 nitrogen and oxygen atoms in total. The second-order valence-corrected chi connectivity index (χ2v) is 5.45. The highest BCUT2D eigenvalue weighted by Gasteiger charge is 2.11. The first-order valence-electron chi connectivity index (χ1n) is 5.98. The molecule has 1 heterocycles.